The molecule has 1 aromatic carbocycles. The Morgan fingerprint density at radius 2 is 1.71 bits per heavy atom. The van der Waals surface area contributed by atoms with Gasteiger partial charge in [-0.05, 0) is 0 Å². The maximum atomic E-state index is 11.4. The Balaban J connectivity index is 2.98. The van der Waals surface area contributed by atoms with Gasteiger partial charge in [0.05, 0.1) is 32.3 Å². The van der Waals surface area contributed by atoms with Crippen molar-refractivity contribution >= 4 is 15.7 Å². The Bertz CT molecular complexity index is 449. The molecule has 1 rings (SSSR count). The Labute approximate surface area is 100 Å². The van der Waals surface area contributed by atoms with Crippen LogP contribution in [0.15, 0.2) is 18.2 Å². The van der Waals surface area contributed by atoms with Crippen LogP contribution in [0.1, 0.15) is 0 Å². The first-order valence-corrected chi connectivity index (χ1v) is 6.50. The summed E-state index contributed by atoms with van der Waals surface area (Å²) in [6.07, 6.45) is 0. The predicted octanol–water partition coefficient (Wildman–Crippen LogP) is 0.438. The fourth-order valence-electron chi connectivity index (χ4n) is 1.22. The molecule has 17 heavy (non-hydrogen) atoms. The second-order valence-corrected chi connectivity index (χ2v) is 5.09. The average molecular weight is 261 g/mol. The summed E-state index contributed by atoms with van der Waals surface area (Å²) in [5.74, 6) is 0.601. The zero-order valence-electron chi connectivity index (χ0n) is 9.63. The van der Waals surface area contributed by atoms with Gasteiger partial charge in [-0.2, -0.15) is 0 Å². The van der Waals surface area contributed by atoms with E-state index in [4.69, 9.17) is 14.6 Å². The van der Waals surface area contributed by atoms with Gasteiger partial charge < -0.3 is 14.6 Å². The molecule has 7 heteroatoms. The summed E-state index contributed by atoms with van der Waals surface area (Å²) in [5.41, 5.74) is 0.328. The molecule has 0 saturated heterocycles. The highest BCUT2D eigenvalue weighted by Gasteiger charge is 2.11. The predicted molar refractivity (Wildman–Crippen MR) is 64.0 cm³/mol. The first-order chi connectivity index (χ1) is 8.00. The highest BCUT2D eigenvalue weighted by atomic mass is 32.2. The van der Waals surface area contributed by atoms with Crippen LogP contribution in [-0.2, 0) is 10.0 Å². The van der Waals surface area contributed by atoms with Gasteiger partial charge in [0, 0.05) is 18.2 Å². The lowest BCUT2D eigenvalue weighted by molar-refractivity contribution is 0.320. The van der Waals surface area contributed by atoms with Crippen molar-refractivity contribution in [2.24, 2.45) is 0 Å². The summed E-state index contributed by atoms with van der Waals surface area (Å²) in [4.78, 5) is 0. The SMILES string of the molecule is COc1cc(NS(=O)(=O)CCO)cc(OC)c1. The lowest BCUT2D eigenvalue weighted by Crippen LogP contribution is -2.18. The van der Waals surface area contributed by atoms with Gasteiger partial charge in [-0.3, -0.25) is 4.72 Å². The Hall–Kier alpha value is -1.47. The van der Waals surface area contributed by atoms with Crippen LogP contribution in [0.2, 0.25) is 0 Å². The van der Waals surface area contributed by atoms with Crippen molar-refractivity contribution in [3.05, 3.63) is 18.2 Å². The van der Waals surface area contributed by atoms with Crippen molar-refractivity contribution in [3.63, 3.8) is 0 Å². The van der Waals surface area contributed by atoms with Crippen molar-refractivity contribution in [2.45, 2.75) is 0 Å². The van der Waals surface area contributed by atoms with Crippen LogP contribution in [0.25, 0.3) is 0 Å². The van der Waals surface area contributed by atoms with Gasteiger partial charge >= 0.3 is 0 Å². The maximum absolute atomic E-state index is 11.4. The largest absolute Gasteiger partial charge is 0.497 e. The summed E-state index contributed by atoms with van der Waals surface area (Å²) in [6, 6.07) is 4.68. The van der Waals surface area contributed by atoms with Gasteiger partial charge in [-0.25, -0.2) is 8.42 Å². The van der Waals surface area contributed by atoms with Gasteiger partial charge in [0.1, 0.15) is 11.5 Å². The van der Waals surface area contributed by atoms with E-state index in [9.17, 15) is 8.42 Å². The standard InChI is InChI=1S/C10H15NO5S/c1-15-9-5-8(6-10(7-9)16-2)11-17(13,14)4-3-12/h5-7,11-12H,3-4H2,1-2H3. The first kappa shape index (κ1) is 13.6. The molecule has 0 atom stereocenters. The van der Waals surface area contributed by atoms with E-state index in [0.29, 0.717) is 17.2 Å². The van der Waals surface area contributed by atoms with Crippen molar-refractivity contribution in [2.75, 3.05) is 31.3 Å². The minimum atomic E-state index is -3.55. The van der Waals surface area contributed by atoms with Gasteiger partial charge in [0.25, 0.3) is 0 Å². The molecule has 0 unspecified atom stereocenters. The molecule has 0 aliphatic rings. The molecule has 0 spiro atoms. The molecule has 2 N–H and O–H groups in total. The topological polar surface area (TPSA) is 84.9 Å². The third-order valence-electron chi connectivity index (χ3n) is 1.98. The Morgan fingerprint density at radius 1 is 1.18 bits per heavy atom. The van der Waals surface area contributed by atoms with Crippen molar-refractivity contribution in [1.82, 2.24) is 0 Å². The zero-order valence-corrected chi connectivity index (χ0v) is 10.5. The quantitative estimate of drug-likeness (QED) is 0.776. The zero-order chi connectivity index (χ0) is 12.9. The number of aliphatic hydroxyl groups excluding tert-OH is 1. The smallest absolute Gasteiger partial charge is 0.234 e. The van der Waals surface area contributed by atoms with E-state index in [1.165, 1.54) is 26.4 Å². The summed E-state index contributed by atoms with van der Waals surface area (Å²) in [7, 11) is -0.600. The number of anilines is 1. The van der Waals surface area contributed by atoms with E-state index in [2.05, 4.69) is 4.72 Å². The van der Waals surface area contributed by atoms with Crippen LogP contribution in [0.3, 0.4) is 0 Å². The Morgan fingerprint density at radius 3 is 2.12 bits per heavy atom. The van der Waals surface area contributed by atoms with Crippen molar-refractivity contribution < 1.29 is 23.0 Å². The average Bonchev–Trinajstić information content (AvgIpc) is 2.27. The molecular formula is C10H15NO5S. The summed E-state index contributed by atoms with van der Waals surface area (Å²) in [6.45, 7) is -0.434. The maximum Gasteiger partial charge on any atom is 0.234 e. The fourth-order valence-corrected chi connectivity index (χ4v) is 2.04. The summed E-state index contributed by atoms with van der Waals surface area (Å²) < 4.78 is 35.2. The number of benzene rings is 1. The number of sulfonamides is 1. The molecule has 0 bridgehead atoms. The monoisotopic (exact) mass is 261 g/mol. The third-order valence-corrected chi connectivity index (χ3v) is 3.25. The van der Waals surface area contributed by atoms with Crippen LogP contribution in [-0.4, -0.2) is 40.1 Å². The molecule has 0 aliphatic heterocycles. The lowest BCUT2D eigenvalue weighted by atomic mass is 10.3. The van der Waals surface area contributed by atoms with E-state index >= 15 is 0 Å². The van der Waals surface area contributed by atoms with E-state index in [1.807, 2.05) is 0 Å². The number of rotatable bonds is 6. The number of hydrogen-bond acceptors (Lipinski definition) is 5. The van der Waals surface area contributed by atoms with Crippen LogP contribution in [0, 0.1) is 0 Å². The van der Waals surface area contributed by atoms with E-state index in [0.717, 1.165) is 0 Å². The molecule has 0 heterocycles. The number of methoxy groups -OCH3 is 2. The molecule has 0 aliphatic carbocycles. The molecular weight excluding hydrogens is 246 g/mol. The second kappa shape index (κ2) is 5.74. The number of ether oxygens (including phenoxy) is 2. The van der Waals surface area contributed by atoms with Gasteiger partial charge in [0.15, 0.2) is 0 Å². The number of aliphatic hydroxyl groups is 1. The molecule has 0 saturated carbocycles. The summed E-state index contributed by atoms with van der Waals surface area (Å²) in [5, 5.41) is 8.61. The van der Waals surface area contributed by atoms with E-state index in [1.54, 1.807) is 6.07 Å². The van der Waals surface area contributed by atoms with Crippen molar-refractivity contribution in [1.29, 1.82) is 0 Å². The molecule has 0 radical (unpaired) electrons. The van der Waals surface area contributed by atoms with Crippen LogP contribution >= 0.6 is 0 Å². The Kier molecular flexibility index (Phi) is 4.59. The lowest BCUT2D eigenvalue weighted by Gasteiger charge is -2.10. The van der Waals surface area contributed by atoms with Crippen LogP contribution in [0.4, 0.5) is 5.69 Å². The third kappa shape index (κ3) is 4.12. The van der Waals surface area contributed by atoms with Gasteiger partial charge in [0.2, 0.25) is 10.0 Å². The van der Waals surface area contributed by atoms with E-state index in [-0.39, 0.29) is 5.75 Å². The fraction of sp³-hybridized carbons (Fsp3) is 0.400. The molecule has 6 nitrogen and oxygen atoms in total. The number of hydrogen-bond donors (Lipinski definition) is 2. The highest BCUT2D eigenvalue weighted by molar-refractivity contribution is 7.92. The minimum Gasteiger partial charge on any atom is -0.497 e. The molecule has 0 fully saturated rings. The number of nitrogens with one attached hydrogen (secondary N) is 1. The van der Waals surface area contributed by atoms with Gasteiger partial charge in [-0.15, -0.1) is 0 Å². The van der Waals surface area contributed by atoms with Crippen molar-refractivity contribution in [3.8, 4) is 11.5 Å². The molecule has 1 aromatic rings. The normalized spacial score (nSPS) is 11.0. The van der Waals surface area contributed by atoms with Crippen LogP contribution in [0.5, 0.6) is 11.5 Å². The molecule has 0 aromatic heterocycles. The highest BCUT2D eigenvalue weighted by Crippen LogP contribution is 2.26. The first-order valence-electron chi connectivity index (χ1n) is 4.85. The summed E-state index contributed by atoms with van der Waals surface area (Å²) >= 11 is 0. The molecule has 96 valence electrons. The minimum absolute atomic E-state index is 0.328. The second-order valence-electron chi connectivity index (χ2n) is 3.25. The van der Waals surface area contributed by atoms with E-state index < -0.39 is 16.6 Å². The van der Waals surface area contributed by atoms with Crippen LogP contribution < -0.4 is 14.2 Å². The van der Waals surface area contributed by atoms with Gasteiger partial charge in [-0.1, -0.05) is 0 Å². The molecule has 0 amide bonds.